The molecule has 0 amide bonds. The van der Waals surface area contributed by atoms with Crippen LogP contribution in [0.1, 0.15) is 17.2 Å². The van der Waals surface area contributed by atoms with Crippen molar-refractivity contribution in [2.75, 3.05) is 7.05 Å². The fourth-order valence-electron chi connectivity index (χ4n) is 1.93. The summed E-state index contributed by atoms with van der Waals surface area (Å²) in [5.74, 6) is -1.62. The topological polar surface area (TPSA) is 12.0 Å². The smallest absolute Gasteiger partial charge is 0.163 e. The van der Waals surface area contributed by atoms with Crippen molar-refractivity contribution in [2.24, 2.45) is 0 Å². The molecule has 94 valence electrons. The van der Waals surface area contributed by atoms with E-state index in [2.05, 4.69) is 27.9 Å². The van der Waals surface area contributed by atoms with E-state index in [1.165, 1.54) is 6.07 Å². The summed E-state index contributed by atoms with van der Waals surface area (Å²) in [7, 11) is 1.73. The molecule has 0 bridgehead atoms. The van der Waals surface area contributed by atoms with Crippen LogP contribution in [0.25, 0.3) is 0 Å². The molecule has 0 saturated carbocycles. The number of halogens is 3. The van der Waals surface area contributed by atoms with Crippen molar-refractivity contribution in [3.8, 4) is 0 Å². The van der Waals surface area contributed by atoms with Crippen LogP contribution in [0.3, 0.4) is 0 Å². The second-order valence-electron chi connectivity index (χ2n) is 3.89. The highest BCUT2D eigenvalue weighted by molar-refractivity contribution is 14.1. The number of benzene rings is 2. The van der Waals surface area contributed by atoms with Gasteiger partial charge in [0.2, 0.25) is 0 Å². The minimum atomic E-state index is -0.821. The monoisotopic (exact) mass is 359 g/mol. The van der Waals surface area contributed by atoms with Crippen LogP contribution in [-0.2, 0) is 0 Å². The third-order valence-corrected chi connectivity index (χ3v) is 3.78. The molecule has 4 heteroatoms. The van der Waals surface area contributed by atoms with Gasteiger partial charge in [0.05, 0.1) is 6.04 Å². The molecular weight excluding hydrogens is 347 g/mol. The van der Waals surface area contributed by atoms with Gasteiger partial charge in [0.1, 0.15) is 0 Å². The molecule has 0 aliphatic carbocycles. The van der Waals surface area contributed by atoms with E-state index < -0.39 is 11.6 Å². The lowest BCUT2D eigenvalue weighted by Crippen LogP contribution is -2.20. The minimum Gasteiger partial charge on any atom is -0.309 e. The first-order chi connectivity index (χ1) is 8.65. The first-order valence-corrected chi connectivity index (χ1v) is 6.58. The fraction of sp³-hybridized carbons (Fsp3) is 0.143. The van der Waals surface area contributed by atoms with Crippen molar-refractivity contribution in [2.45, 2.75) is 6.04 Å². The van der Waals surface area contributed by atoms with E-state index >= 15 is 0 Å². The molecule has 0 spiro atoms. The maximum atomic E-state index is 13.8. The van der Waals surface area contributed by atoms with E-state index in [0.717, 1.165) is 15.2 Å². The first kappa shape index (κ1) is 13.4. The lowest BCUT2D eigenvalue weighted by Gasteiger charge is -2.19. The van der Waals surface area contributed by atoms with Crippen molar-refractivity contribution in [3.05, 3.63) is 68.8 Å². The molecule has 2 rings (SSSR count). The maximum absolute atomic E-state index is 13.8. The molecule has 0 radical (unpaired) electrons. The van der Waals surface area contributed by atoms with Gasteiger partial charge in [-0.25, -0.2) is 8.78 Å². The molecular formula is C14H12F2IN. The van der Waals surface area contributed by atoms with Crippen molar-refractivity contribution < 1.29 is 8.78 Å². The highest BCUT2D eigenvalue weighted by atomic mass is 127. The summed E-state index contributed by atoms with van der Waals surface area (Å²) in [6.45, 7) is 0. The van der Waals surface area contributed by atoms with Gasteiger partial charge in [-0.05, 0) is 47.3 Å². The van der Waals surface area contributed by atoms with Gasteiger partial charge >= 0.3 is 0 Å². The molecule has 2 aromatic rings. The molecule has 0 heterocycles. The Morgan fingerprint density at radius 1 is 1.00 bits per heavy atom. The lowest BCUT2D eigenvalue weighted by atomic mass is 9.98. The van der Waals surface area contributed by atoms with Gasteiger partial charge in [-0.2, -0.15) is 0 Å². The SMILES string of the molecule is CNC(c1ccccc1I)c1cccc(F)c1F. The quantitative estimate of drug-likeness (QED) is 0.821. The maximum Gasteiger partial charge on any atom is 0.163 e. The molecule has 1 atom stereocenters. The van der Waals surface area contributed by atoms with Crippen LogP contribution in [0, 0.1) is 15.2 Å². The number of rotatable bonds is 3. The zero-order chi connectivity index (χ0) is 13.1. The van der Waals surface area contributed by atoms with Gasteiger partial charge in [-0.15, -0.1) is 0 Å². The second kappa shape index (κ2) is 5.75. The van der Waals surface area contributed by atoms with Gasteiger partial charge in [-0.1, -0.05) is 30.3 Å². The Morgan fingerprint density at radius 3 is 2.33 bits per heavy atom. The number of nitrogens with one attached hydrogen (secondary N) is 1. The van der Waals surface area contributed by atoms with Gasteiger partial charge in [-0.3, -0.25) is 0 Å². The predicted octanol–water partition coefficient (Wildman–Crippen LogP) is 3.88. The summed E-state index contributed by atoms with van der Waals surface area (Å²) in [6, 6.07) is 11.6. The highest BCUT2D eigenvalue weighted by Crippen LogP contribution is 2.28. The summed E-state index contributed by atoms with van der Waals surface area (Å²) in [6.07, 6.45) is 0. The van der Waals surface area contributed by atoms with Gasteiger partial charge in [0.25, 0.3) is 0 Å². The largest absolute Gasteiger partial charge is 0.309 e. The third kappa shape index (κ3) is 2.54. The molecule has 2 aromatic carbocycles. The molecule has 0 fully saturated rings. The second-order valence-corrected chi connectivity index (χ2v) is 5.05. The molecule has 0 aliphatic rings. The summed E-state index contributed by atoms with van der Waals surface area (Å²) >= 11 is 2.19. The average molecular weight is 359 g/mol. The molecule has 0 aliphatic heterocycles. The van der Waals surface area contributed by atoms with E-state index in [0.29, 0.717) is 5.56 Å². The first-order valence-electron chi connectivity index (χ1n) is 5.50. The lowest BCUT2D eigenvalue weighted by molar-refractivity contribution is 0.487. The molecule has 1 nitrogen and oxygen atoms in total. The zero-order valence-electron chi connectivity index (χ0n) is 9.75. The Morgan fingerprint density at radius 2 is 1.67 bits per heavy atom. The van der Waals surface area contributed by atoms with E-state index in [9.17, 15) is 8.78 Å². The van der Waals surface area contributed by atoms with Crippen molar-refractivity contribution in [3.63, 3.8) is 0 Å². The number of hydrogen-bond acceptors (Lipinski definition) is 1. The van der Waals surface area contributed by atoms with Crippen LogP contribution in [-0.4, -0.2) is 7.05 Å². The normalized spacial score (nSPS) is 12.4. The zero-order valence-corrected chi connectivity index (χ0v) is 11.9. The molecule has 0 saturated heterocycles. The highest BCUT2D eigenvalue weighted by Gasteiger charge is 2.19. The molecule has 1 N–H and O–H groups in total. The van der Waals surface area contributed by atoms with Crippen molar-refractivity contribution in [1.29, 1.82) is 0 Å². The van der Waals surface area contributed by atoms with Crippen molar-refractivity contribution in [1.82, 2.24) is 5.32 Å². The Kier molecular flexibility index (Phi) is 4.29. The van der Waals surface area contributed by atoms with Gasteiger partial charge < -0.3 is 5.32 Å². The summed E-state index contributed by atoms with van der Waals surface area (Å²) in [4.78, 5) is 0. The van der Waals surface area contributed by atoms with Crippen LogP contribution in [0.5, 0.6) is 0 Å². The standard InChI is InChI=1S/C14H12F2IN/c1-18-14(9-5-2-3-8-12(9)17)10-6-4-7-11(15)13(10)16/h2-8,14,18H,1H3. The van der Waals surface area contributed by atoms with E-state index in [-0.39, 0.29) is 6.04 Å². The fourth-order valence-corrected chi connectivity index (χ4v) is 2.63. The molecule has 18 heavy (non-hydrogen) atoms. The Hall–Kier alpha value is -1.01. The van der Waals surface area contributed by atoms with Crippen LogP contribution < -0.4 is 5.32 Å². The van der Waals surface area contributed by atoms with Crippen LogP contribution in [0.4, 0.5) is 8.78 Å². The Labute approximate surface area is 118 Å². The van der Waals surface area contributed by atoms with Crippen LogP contribution in [0.15, 0.2) is 42.5 Å². The third-order valence-electron chi connectivity index (χ3n) is 2.80. The van der Waals surface area contributed by atoms with E-state index in [4.69, 9.17) is 0 Å². The van der Waals surface area contributed by atoms with Gasteiger partial charge in [0, 0.05) is 9.13 Å². The average Bonchev–Trinajstić information content (AvgIpc) is 2.37. The number of hydrogen-bond donors (Lipinski definition) is 1. The summed E-state index contributed by atoms with van der Waals surface area (Å²) < 4.78 is 28.1. The molecule has 0 aromatic heterocycles. The summed E-state index contributed by atoms with van der Waals surface area (Å²) in [5, 5.41) is 3.03. The van der Waals surface area contributed by atoms with Crippen LogP contribution in [0.2, 0.25) is 0 Å². The minimum absolute atomic E-state index is 0.321. The van der Waals surface area contributed by atoms with Gasteiger partial charge in [0.15, 0.2) is 11.6 Å². The molecule has 1 unspecified atom stereocenters. The Balaban J connectivity index is 2.53. The summed E-state index contributed by atoms with van der Waals surface area (Å²) in [5.41, 5.74) is 1.26. The Bertz CT molecular complexity index is 557. The van der Waals surface area contributed by atoms with E-state index in [1.807, 2.05) is 24.3 Å². The van der Waals surface area contributed by atoms with E-state index in [1.54, 1.807) is 13.1 Å². The predicted molar refractivity (Wildman–Crippen MR) is 76.4 cm³/mol. The van der Waals surface area contributed by atoms with Crippen molar-refractivity contribution >= 4 is 22.6 Å². The van der Waals surface area contributed by atoms with Crippen LogP contribution >= 0.6 is 22.6 Å².